The smallest absolute Gasteiger partial charge is 0.335 e. The van der Waals surface area contributed by atoms with Crippen LogP contribution in [0.2, 0.25) is 0 Å². The summed E-state index contributed by atoms with van der Waals surface area (Å²) in [6, 6.07) is 2.84. The maximum atomic E-state index is 12.8. The SMILES string of the molecule is CN1CCC(NS(=O)(=O)c2cc(C(=O)O)cc3c2CCC3)CC1. The molecule has 1 aliphatic carbocycles. The third-order valence-corrected chi connectivity index (χ3v) is 6.34. The molecule has 0 unspecified atom stereocenters. The number of nitrogens with zero attached hydrogens (tertiary/aromatic N) is 1. The Balaban J connectivity index is 1.92. The number of piperidine rings is 1. The first-order valence-electron chi connectivity index (χ1n) is 7.97. The first-order chi connectivity index (χ1) is 10.9. The summed E-state index contributed by atoms with van der Waals surface area (Å²) < 4.78 is 28.4. The third kappa shape index (κ3) is 3.41. The van der Waals surface area contributed by atoms with Crippen molar-refractivity contribution in [1.82, 2.24) is 9.62 Å². The zero-order chi connectivity index (χ0) is 16.6. The number of benzene rings is 1. The van der Waals surface area contributed by atoms with Crippen molar-refractivity contribution in [2.24, 2.45) is 0 Å². The normalized spacial score (nSPS) is 19.7. The highest BCUT2D eigenvalue weighted by atomic mass is 32.2. The van der Waals surface area contributed by atoms with Gasteiger partial charge in [0.05, 0.1) is 10.5 Å². The molecule has 0 atom stereocenters. The minimum Gasteiger partial charge on any atom is -0.478 e. The van der Waals surface area contributed by atoms with Crippen LogP contribution in [0.1, 0.15) is 40.7 Å². The van der Waals surface area contributed by atoms with Crippen LogP contribution < -0.4 is 4.72 Å². The summed E-state index contributed by atoms with van der Waals surface area (Å²) in [7, 11) is -1.67. The Morgan fingerprint density at radius 3 is 2.61 bits per heavy atom. The average Bonchev–Trinajstić information content (AvgIpc) is 2.96. The molecule has 0 radical (unpaired) electrons. The number of rotatable bonds is 4. The summed E-state index contributed by atoms with van der Waals surface area (Å²) in [5.74, 6) is -1.09. The minimum atomic E-state index is -3.69. The number of hydrogen-bond donors (Lipinski definition) is 2. The van der Waals surface area contributed by atoms with Crippen LogP contribution in [-0.4, -0.2) is 50.6 Å². The second-order valence-electron chi connectivity index (χ2n) is 6.47. The van der Waals surface area contributed by atoms with Crippen LogP contribution in [0.3, 0.4) is 0 Å². The Kier molecular flexibility index (Phi) is 4.44. The average molecular weight is 338 g/mol. The van der Waals surface area contributed by atoms with Crippen LogP contribution in [0, 0.1) is 0 Å². The Labute approximate surface area is 136 Å². The summed E-state index contributed by atoms with van der Waals surface area (Å²) in [6.45, 7) is 1.72. The van der Waals surface area contributed by atoms with Gasteiger partial charge in [-0.3, -0.25) is 0 Å². The molecular formula is C16H22N2O4S. The number of fused-ring (bicyclic) bond motifs is 1. The van der Waals surface area contributed by atoms with E-state index >= 15 is 0 Å². The highest BCUT2D eigenvalue weighted by molar-refractivity contribution is 7.89. The van der Waals surface area contributed by atoms with Gasteiger partial charge in [0.1, 0.15) is 0 Å². The first-order valence-corrected chi connectivity index (χ1v) is 9.45. The van der Waals surface area contributed by atoms with E-state index in [1.165, 1.54) is 6.07 Å². The molecule has 0 amide bonds. The van der Waals surface area contributed by atoms with Crippen LogP contribution in [0.15, 0.2) is 17.0 Å². The van der Waals surface area contributed by atoms with Gasteiger partial charge in [-0.1, -0.05) is 0 Å². The zero-order valence-corrected chi connectivity index (χ0v) is 14.0. The van der Waals surface area contributed by atoms with Crippen LogP contribution in [0.4, 0.5) is 0 Å². The Morgan fingerprint density at radius 2 is 1.96 bits per heavy atom. The lowest BCUT2D eigenvalue weighted by Crippen LogP contribution is -2.43. The van der Waals surface area contributed by atoms with Crippen LogP contribution in [0.25, 0.3) is 0 Å². The Hall–Kier alpha value is -1.44. The highest BCUT2D eigenvalue weighted by Gasteiger charge is 2.29. The number of carbonyl (C=O) groups is 1. The van der Waals surface area contributed by atoms with Gasteiger partial charge in [0.25, 0.3) is 0 Å². The Morgan fingerprint density at radius 1 is 1.26 bits per heavy atom. The predicted molar refractivity (Wildman–Crippen MR) is 86.3 cm³/mol. The van der Waals surface area contributed by atoms with Gasteiger partial charge in [-0.15, -0.1) is 0 Å². The van der Waals surface area contributed by atoms with Gasteiger partial charge in [0.15, 0.2) is 0 Å². The molecule has 1 aromatic carbocycles. The van der Waals surface area contributed by atoms with Crippen molar-refractivity contribution >= 4 is 16.0 Å². The van der Waals surface area contributed by atoms with Crippen molar-refractivity contribution in [1.29, 1.82) is 0 Å². The third-order valence-electron chi connectivity index (χ3n) is 4.75. The number of hydrogen-bond acceptors (Lipinski definition) is 4. The number of sulfonamides is 1. The van der Waals surface area contributed by atoms with E-state index in [4.69, 9.17) is 0 Å². The first kappa shape index (κ1) is 16.4. The molecule has 1 fully saturated rings. The molecule has 6 nitrogen and oxygen atoms in total. The standard InChI is InChI=1S/C16H22N2O4S/c1-18-7-5-13(6-8-18)17-23(21,22)15-10-12(16(19)20)9-11-3-2-4-14(11)15/h9-10,13,17H,2-8H2,1H3,(H,19,20). The molecule has 1 aromatic rings. The van der Waals surface area contributed by atoms with Gasteiger partial charge < -0.3 is 10.0 Å². The molecule has 2 aliphatic rings. The van der Waals surface area contributed by atoms with Gasteiger partial charge in [0.2, 0.25) is 10.0 Å². The van der Waals surface area contributed by atoms with E-state index in [1.54, 1.807) is 6.07 Å². The van der Waals surface area contributed by atoms with Crippen molar-refractivity contribution in [3.63, 3.8) is 0 Å². The van der Waals surface area contributed by atoms with Gasteiger partial charge in [-0.25, -0.2) is 17.9 Å². The summed E-state index contributed by atoms with van der Waals surface area (Å²) in [5.41, 5.74) is 1.69. The molecule has 2 N–H and O–H groups in total. The summed E-state index contributed by atoms with van der Waals surface area (Å²) in [4.78, 5) is 13.6. The fourth-order valence-electron chi connectivity index (χ4n) is 3.44. The van der Waals surface area contributed by atoms with E-state index in [9.17, 15) is 18.3 Å². The number of aryl methyl sites for hydroxylation is 1. The molecule has 126 valence electrons. The van der Waals surface area contributed by atoms with E-state index in [0.29, 0.717) is 6.42 Å². The summed E-state index contributed by atoms with van der Waals surface area (Å²) >= 11 is 0. The number of carboxylic acid groups (broad SMARTS) is 1. The van der Waals surface area contributed by atoms with Crippen molar-refractivity contribution in [2.75, 3.05) is 20.1 Å². The largest absolute Gasteiger partial charge is 0.478 e. The van der Waals surface area contributed by atoms with E-state index < -0.39 is 16.0 Å². The topological polar surface area (TPSA) is 86.7 Å². The molecule has 0 saturated carbocycles. The molecule has 0 bridgehead atoms. The highest BCUT2D eigenvalue weighted by Crippen LogP contribution is 2.30. The predicted octanol–water partition coefficient (Wildman–Crippen LogP) is 1.25. The lowest BCUT2D eigenvalue weighted by atomic mass is 10.1. The molecule has 7 heteroatoms. The minimum absolute atomic E-state index is 0.0504. The second-order valence-corrected chi connectivity index (χ2v) is 8.15. The van der Waals surface area contributed by atoms with E-state index in [0.717, 1.165) is 49.9 Å². The molecule has 23 heavy (non-hydrogen) atoms. The number of likely N-dealkylation sites (tertiary alicyclic amines) is 1. The second kappa shape index (κ2) is 6.22. The van der Waals surface area contributed by atoms with Crippen LogP contribution >= 0.6 is 0 Å². The number of aromatic carboxylic acids is 1. The van der Waals surface area contributed by atoms with Crippen molar-refractivity contribution < 1.29 is 18.3 Å². The molecule has 1 heterocycles. The van der Waals surface area contributed by atoms with Crippen LogP contribution in [-0.2, 0) is 22.9 Å². The molecular weight excluding hydrogens is 316 g/mol. The summed E-state index contributed by atoms with van der Waals surface area (Å²) in [5, 5.41) is 9.24. The van der Waals surface area contributed by atoms with Gasteiger partial charge in [-0.05, 0) is 75.5 Å². The van der Waals surface area contributed by atoms with E-state index in [2.05, 4.69) is 9.62 Å². The van der Waals surface area contributed by atoms with E-state index in [-0.39, 0.29) is 16.5 Å². The lowest BCUT2D eigenvalue weighted by Gasteiger charge is -2.29. The molecule has 0 aromatic heterocycles. The molecule has 0 spiro atoms. The van der Waals surface area contributed by atoms with Gasteiger partial charge >= 0.3 is 5.97 Å². The van der Waals surface area contributed by atoms with Crippen LogP contribution in [0.5, 0.6) is 0 Å². The molecule has 1 aliphatic heterocycles. The fourth-order valence-corrected chi connectivity index (χ4v) is 5.08. The molecule has 1 saturated heterocycles. The van der Waals surface area contributed by atoms with Gasteiger partial charge in [-0.2, -0.15) is 0 Å². The monoisotopic (exact) mass is 338 g/mol. The van der Waals surface area contributed by atoms with Crippen molar-refractivity contribution in [3.8, 4) is 0 Å². The summed E-state index contributed by atoms with van der Waals surface area (Å²) in [6.07, 6.45) is 3.86. The lowest BCUT2D eigenvalue weighted by molar-refractivity contribution is 0.0696. The van der Waals surface area contributed by atoms with Gasteiger partial charge in [0, 0.05) is 6.04 Å². The zero-order valence-electron chi connectivity index (χ0n) is 13.2. The van der Waals surface area contributed by atoms with Crippen molar-refractivity contribution in [2.45, 2.75) is 43.0 Å². The number of nitrogens with one attached hydrogen (secondary N) is 1. The Bertz CT molecular complexity index is 722. The quantitative estimate of drug-likeness (QED) is 0.863. The van der Waals surface area contributed by atoms with Crippen molar-refractivity contribution in [3.05, 3.63) is 28.8 Å². The molecule has 3 rings (SSSR count). The number of carboxylic acids is 1. The fraction of sp³-hybridized carbons (Fsp3) is 0.562. The maximum absolute atomic E-state index is 12.8. The van der Waals surface area contributed by atoms with E-state index in [1.807, 2.05) is 7.05 Å². The maximum Gasteiger partial charge on any atom is 0.335 e.